The number of halogens is 2. The van der Waals surface area contributed by atoms with Crippen LogP contribution in [-0.2, 0) is 5.75 Å². The summed E-state index contributed by atoms with van der Waals surface area (Å²) < 4.78 is 13.9. The van der Waals surface area contributed by atoms with Crippen LogP contribution in [0.3, 0.4) is 0 Å². The predicted octanol–water partition coefficient (Wildman–Crippen LogP) is 6.03. The number of hydrogen-bond acceptors (Lipinski definition) is 1. The van der Waals surface area contributed by atoms with Gasteiger partial charge in [0, 0.05) is 15.1 Å². The molecule has 20 heavy (non-hydrogen) atoms. The molecule has 0 nitrogen and oxygen atoms in total. The van der Waals surface area contributed by atoms with Crippen LogP contribution >= 0.6 is 27.7 Å². The summed E-state index contributed by atoms with van der Waals surface area (Å²) in [5.74, 6) is 0.607. The number of fused-ring (bicyclic) bond motifs is 1. The fourth-order valence-corrected chi connectivity index (χ4v) is 3.68. The minimum absolute atomic E-state index is 0.212. The molecule has 0 radical (unpaired) electrons. The molecule has 0 saturated heterocycles. The molecule has 0 amide bonds. The first-order valence-corrected chi connectivity index (χ1v) is 8.06. The first kappa shape index (κ1) is 13.7. The molecule has 0 fully saturated rings. The highest BCUT2D eigenvalue weighted by Crippen LogP contribution is 2.29. The van der Waals surface area contributed by atoms with Crippen LogP contribution in [-0.4, -0.2) is 0 Å². The van der Waals surface area contributed by atoms with E-state index in [0.717, 1.165) is 15.8 Å². The molecule has 0 N–H and O–H groups in total. The van der Waals surface area contributed by atoms with Crippen molar-refractivity contribution in [3.05, 3.63) is 76.5 Å². The van der Waals surface area contributed by atoms with E-state index in [4.69, 9.17) is 0 Å². The van der Waals surface area contributed by atoms with E-state index in [1.54, 1.807) is 11.8 Å². The fourth-order valence-electron chi connectivity index (χ4n) is 2.06. The van der Waals surface area contributed by atoms with Crippen molar-refractivity contribution in [3.8, 4) is 0 Å². The lowest BCUT2D eigenvalue weighted by molar-refractivity contribution is 0.626. The molecule has 3 heteroatoms. The van der Waals surface area contributed by atoms with Gasteiger partial charge in [0.2, 0.25) is 0 Å². The Morgan fingerprint density at radius 1 is 0.900 bits per heavy atom. The average Bonchev–Trinajstić information content (AvgIpc) is 2.46. The third-order valence-corrected chi connectivity index (χ3v) is 4.91. The van der Waals surface area contributed by atoms with Crippen LogP contribution in [0, 0.1) is 5.82 Å². The van der Waals surface area contributed by atoms with Crippen molar-refractivity contribution in [3.63, 3.8) is 0 Å². The van der Waals surface area contributed by atoms with Gasteiger partial charge in [0.05, 0.1) is 0 Å². The maximum absolute atomic E-state index is 13.0. The highest BCUT2D eigenvalue weighted by Gasteiger charge is 2.03. The minimum Gasteiger partial charge on any atom is -0.207 e. The van der Waals surface area contributed by atoms with E-state index in [1.807, 2.05) is 18.2 Å². The van der Waals surface area contributed by atoms with Gasteiger partial charge in [-0.05, 0) is 40.6 Å². The van der Waals surface area contributed by atoms with Gasteiger partial charge in [0.1, 0.15) is 5.82 Å². The second-order valence-corrected chi connectivity index (χ2v) is 6.44. The summed E-state index contributed by atoms with van der Waals surface area (Å²) in [6, 6.07) is 19.6. The van der Waals surface area contributed by atoms with Gasteiger partial charge in [-0.15, -0.1) is 11.8 Å². The molecule has 0 aromatic heterocycles. The van der Waals surface area contributed by atoms with E-state index < -0.39 is 0 Å². The molecule has 0 spiro atoms. The molecule has 0 saturated carbocycles. The average molecular weight is 347 g/mol. The lowest BCUT2D eigenvalue weighted by Gasteiger charge is -2.06. The van der Waals surface area contributed by atoms with E-state index in [2.05, 4.69) is 46.3 Å². The second-order valence-electron chi connectivity index (χ2n) is 4.53. The molecule has 3 aromatic rings. The van der Waals surface area contributed by atoms with E-state index in [0.29, 0.717) is 0 Å². The zero-order valence-electron chi connectivity index (χ0n) is 10.6. The van der Waals surface area contributed by atoms with Crippen LogP contribution < -0.4 is 0 Å². The van der Waals surface area contributed by atoms with Gasteiger partial charge in [-0.3, -0.25) is 0 Å². The van der Waals surface area contributed by atoms with E-state index >= 15 is 0 Å². The molecule has 0 aliphatic heterocycles. The van der Waals surface area contributed by atoms with Crippen molar-refractivity contribution in [2.45, 2.75) is 10.6 Å². The number of thioether (sulfide) groups is 1. The molecular weight excluding hydrogens is 335 g/mol. The van der Waals surface area contributed by atoms with Gasteiger partial charge in [-0.1, -0.05) is 52.3 Å². The van der Waals surface area contributed by atoms with E-state index in [9.17, 15) is 4.39 Å². The van der Waals surface area contributed by atoms with Crippen LogP contribution in [0.1, 0.15) is 5.56 Å². The van der Waals surface area contributed by atoms with Crippen molar-refractivity contribution in [1.29, 1.82) is 0 Å². The molecule has 0 atom stereocenters. The van der Waals surface area contributed by atoms with Gasteiger partial charge in [-0.2, -0.15) is 0 Å². The summed E-state index contributed by atoms with van der Waals surface area (Å²) in [5.41, 5.74) is 1.10. The van der Waals surface area contributed by atoms with Gasteiger partial charge < -0.3 is 0 Å². The summed E-state index contributed by atoms with van der Waals surface area (Å²) >= 11 is 5.16. The molecule has 3 rings (SSSR count). The highest BCUT2D eigenvalue weighted by atomic mass is 79.9. The Hall–Kier alpha value is -1.32. The third kappa shape index (κ3) is 3.05. The SMILES string of the molecule is Fc1ccc(CSc2ccc3ccccc3c2)c(Br)c1. The van der Waals surface area contributed by atoms with Crippen molar-refractivity contribution in [2.24, 2.45) is 0 Å². The largest absolute Gasteiger partial charge is 0.207 e. The van der Waals surface area contributed by atoms with Crippen molar-refractivity contribution in [2.75, 3.05) is 0 Å². The van der Waals surface area contributed by atoms with Gasteiger partial charge in [0.15, 0.2) is 0 Å². The maximum atomic E-state index is 13.0. The molecule has 0 heterocycles. The smallest absolute Gasteiger partial charge is 0.124 e. The standard InChI is InChI=1S/C17H12BrFS/c18-17-10-15(19)7-5-14(17)11-20-16-8-6-12-3-1-2-4-13(12)9-16/h1-10H,11H2. The lowest BCUT2D eigenvalue weighted by atomic mass is 10.1. The highest BCUT2D eigenvalue weighted by molar-refractivity contribution is 9.10. The Morgan fingerprint density at radius 2 is 1.70 bits per heavy atom. The fraction of sp³-hybridized carbons (Fsp3) is 0.0588. The number of benzene rings is 3. The van der Waals surface area contributed by atoms with Crippen LogP contribution in [0.5, 0.6) is 0 Å². The Labute approximate surface area is 130 Å². The van der Waals surface area contributed by atoms with E-state index in [-0.39, 0.29) is 5.82 Å². The minimum atomic E-state index is -0.212. The van der Waals surface area contributed by atoms with Crippen molar-refractivity contribution < 1.29 is 4.39 Å². The second kappa shape index (κ2) is 5.98. The summed E-state index contributed by atoms with van der Waals surface area (Å²) in [7, 11) is 0. The number of hydrogen-bond donors (Lipinski definition) is 0. The van der Waals surface area contributed by atoms with Crippen LogP contribution in [0.25, 0.3) is 10.8 Å². The molecule has 100 valence electrons. The summed E-state index contributed by atoms with van der Waals surface area (Å²) in [6.45, 7) is 0. The Bertz CT molecular complexity index is 755. The molecule has 0 aliphatic rings. The van der Waals surface area contributed by atoms with E-state index in [1.165, 1.54) is 27.8 Å². The number of rotatable bonds is 3. The van der Waals surface area contributed by atoms with Crippen molar-refractivity contribution >= 4 is 38.5 Å². The predicted molar refractivity (Wildman–Crippen MR) is 87.6 cm³/mol. The molecule has 0 aliphatic carbocycles. The first-order valence-electron chi connectivity index (χ1n) is 6.28. The third-order valence-electron chi connectivity index (χ3n) is 3.13. The Kier molecular flexibility index (Phi) is 4.08. The summed E-state index contributed by atoms with van der Waals surface area (Å²) in [4.78, 5) is 1.22. The topological polar surface area (TPSA) is 0 Å². The monoisotopic (exact) mass is 346 g/mol. The molecule has 3 aromatic carbocycles. The van der Waals surface area contributed by atoms with Crippen LogP contribution in [0.4, 0.5) is 4.39 Å². The lowest BCUT2D eigenvalue weighted by Crippen LogP contribution is -1.85. The Morgan fingerprint density at radius 3 is 2.50 bits per heavy atom. The maximum Gasteiger partial charge on any atom is 0.124 e. The molecule has 0 bridgehead atoms. The first-order chi connectivity index (χ1) is 9.72. The van der Waals surface area contributed by atoms with Gasteiger partial charge >= 0.3 is 0 Å². The van der Waals surface area contributed by atoms with Crippen LogP contribution in [0.15, 0.2) is 70.0 Å². The Balaban J connectivity index is 1.79. The summed E-state index contributed by atoms with van der Waals surface area (Å²) in [6.07, 6.45) is 0. The van der Waals surface area contributed by atoms with Crippen LogP contribution in [0.2, 0.25) is 0 Å². The molecule has 0 unspecified atom stereocenters. The zero-order valence-corrected chi connectivity index (χ0v) is 13.0. The quantitative estimate of drug-likeness (QED) is 0.521. The van der Waals surface area contributed by atoms with Gasteiger partial charge in [0.25, 0.3) is 0 Å². The molecular formula is C17H12BrFS. The zero-order chi connectivity index (χ0) is 13.9. The van der Waals surface area contributed by atoms with Crippen molar-refractivity contribution in [1.82, 2.24) is 0 Å². The normalized spacial score (nSPS) is 10.9. The van der Waals surface area contributed by atoms with Gasteiger partial charge in [-0.25, -0.2) is 4.39 Å². The summed E-state index contributed by atoms with van der Waals surface area (Å²) in [5, 5.41) is 2.50.